The van der Waals surface area contributed by atoms with Crippen LogP contribution < -0.4 is 0 Å². The Morgan fingerprint density at radius 2 is 2.10 bits per heavy atom. The van der Waals surface area contributed by atoms with E-state index in [0.717, 1.165) is 0 Å². The minimum atomic E-state index is -0.576. The number of carbonyl (C=O) groups is 1. The molecule has 0 fully saturated rings. The van der Waals surface area contributed by atoms with Gasteiger partial charge in [0.1, 0.15) is 0 Å². The number of hydrogen-bond acceptors (Lipinski definition) is 3. The number of esters is 1. The lowest BCUT2D eigenvalue weighted by molar-refractivity contribution is -0.143. The van der Waals surface area contributed by atoms with Gasteiger partial charge in [-0.2, -0.15) is 0 Å². The van der Waals surface area contributed by atoms with E-state index in [4.69, 9.17) is 5.11 Å². The van der Waals surface area contributed by atoms with E-state index in [1.807, 2.05) is 13.8 Å². The summed E-state index contributed by atoms with van der Waals surface area (Å²) >= 11 is 0. The summed E-state index contributed by atoms with van der Waals surface area (Å²) in [6.45, 7) is 3.71. The molecule has 0 spiro atoms. The Balaban J connectivity index is 3.57. The predicted octanol–water partition coefficient (Wildman–Crippen LogP) is 0.566. The molecule has 60 valence electrons. The van der Waals surface area contributed by atoms with E-state index in [0.29, 0.717) is 0 Å². The number of aliphatic hydroxyl groups excluding tert-OH is 1. The van der Waals surface area contributed by atoms with Gasteiger partial charge < -0.3 is 9.84 Å². The summed E-state index contributed by atoms with van der Waals surface area (Å²) in [7, 11) is 1.31. The van der Waals surface area contributed by atoms with Crippen molar-refractivity contribution in [3.05, 3.63) is 0 Å². The number of aliphatic hydroxyl groups is 1. The van der Waals surface area contributed by atoms with Crippen LogP contribution in [0.15, 0.2) is 0 Å². The zero-order valence-electron chi connectivity index (χ0n) is 6.63. The molecule has 0 heterocycles. The maximum Gasteiger partial charge on any atom is 0.308 e. The smallest absolute Gasteiger partial charge is 0.308 e. The summed E-state index contributed by atoms with van der Waals surface area (Å²) in [5.41, 5.74) is 0. The molecule has 0 aromatic rings. The highest BCUT2D eigenvalue weighted by Crippen LogP contribution is 2.05. The molecule has 0 rings (SSSR count). The molecule has 1 unspecified atom stereocenters. The first-order chi connectivity index (χ1) is 4.57. The molecule has 1 N–H and O–H groups in total. The fraction of sp³-hybridized carbons (Fsp3) is 0.857. The summed E-state index contributed by atoms with van der Waals surface area (Å²) in [6.07, 6.45) is -0.485. The fourth-order valence-corrected chi connectivity index (χ4v) is 0.490. The molecule has 0 aliphatic heterocycles. The number of hydrogen-bond donors (Lipinski definition) is 1. The zero-order valence-corrected chi connectivity index (χ0v) is 6.63. The van der Waals surface area contributed by atoms with Crippen molar-refractivity contribution in [3.8, 4) is 0 Å². The number of ether oxygens (including phenoxy) is 1. The van der Waals surface area contributed by atoms with Crippen LogP contribution in [-0.2, 0) is 9.53 Å². The Morgan fingerprint density at radius 3 is 2.40 bits per heavy atom. The van der Waals surface area contributed by atoms with Crippen molar-refractivity contribution in [1.82, 2.24) is 0 Å². The van der Waals surface area contributed by atoms with Crippen LogP contribution in [0.5, 0.6) is 0 Å². The largest absolute Gasteiger partial charge is 0.469 e. The van der Waals surface area contributed by atoms with E-state index in [-0.39, 0.29) is 18.3 Å². The van der Waals surface area contributed by atoms with Crippen molar-refractivity contribution >= 4 is 5.97 Å². The first-order valence-electron chi connectivity index (χ1n) is 3.32. The van der Waals surface area contributed by atoms with E-state index >= 15 is 0 Å². The molecule has 0 aliphatic rings. The molecule has 0 bridgehead atoms. The van der Waals surface area contributed by atoms with Crippen LogP contribution in [0.3, 0.4) is 0 Å². The number of carbonyl (C=O) groups excluding carboxylic acids is 1. The molecule has 0 amide bonds. The van der Waals surface area contributed by atoms with E-state index in [1.165, 1.54) is 7.11 Å². The van der Waals surface area contributed by atoms with Crippen molar-refractivity contribution < 1.29 is 14.6 Å². The quantitative estimate of drug-likeness (QED) is 0.592. The third-order valence-corrected chi connectivity index (χ3v) is 1.37. The molecular weight excluding hydrogens is 132 g/mol. The van der Waals surface area contributed by atoms with Crippen LogP contribution in [0, 0.1) is 5.92 Å². The molecule has 0 aliphatic carbocycles. The molecule has 0 saturated carbocycles. The molecule has 0 radical (unpaired) electrons. The monoisotopic (exact) mass is 146 g/mol. The van der Waals surface area contributed by atoms with Crippen LogP contribution in [-0.4, -0.2) is 24.3 Å². The number of methoxy groups -OCH3 is 1. The minimum Gasteiger partial charge on any atom is -0.469 e. The lowest BCUT2D eigenvalue weighted by atomic mass is 10.1. The lowest BCUT2D eigenvalue weighted by Gasteiger charge is -2.11. The SMILES string of the molecule is COC(=O)CC(O)C(C)C. The standard InChI is InChI=1S/C7H14O3/c1-5(2)6(8)4-7(9)10-3/h5-6,8H,4H2,1-3H3. The van der Waals surface area contributed by atoms with E-state index in [9.17, 15) is 4.79 Å². The van der Waals surface area contributed by atoms with E-state index in [1.54, 1.807) is 0 Å². The molecule has 1 atom stereocenters. The Bertz CT molecular complexity index is 109. The predicted molar refractivity (Wildman–Crippen MR) is 37.5 cm³/mol. The summed E-state index contributed by atoms with van der Waals surface area (Å²) in [4.78, 5) is 10.5. The normalized spacial score (nSPS) is 13.3. The van der Waals surface area contributed by atoms with Gasteiger partial charge >= 0.3 is 5.97 Å². The van der Waals surface area contributed by atoms with Gasteiger partial charge in [-0.3, -0.25) is 4.79 Å². The molecule has 10 heavy (non-hydrogen) atoms. The topological polar surface area (TPSA) is 46.5 Å². The van der Waals surface area contributed by atoms with Crippen molar-refractivity contribution in [2.24, 2.45) is 5.92 Å². The van der Waals surface area contributed by atoms with Gasteiger partial charge in [0.2, 0.25) is 0 Å². The van der Waals surface area contributed by atoms with Crippen LogP contribution in [0.25, 0.3) is 0 Å². The van der Waals surface area contributed by atoms with Gasteiger partial charge in [-0.1, -0.05) is 13.8 Å². The highest BCUT2D eigenvalue weighted by Gasteiger charge is 2.13. The first kappa shape index (κ1) is 9.43. The third-order valence-electron chi connectivity index (χ3n) is 1.37. The van der Waals surface area contributed by atoms with Gasteiger partial charge in [-0.05, 0) is 5.92 Å². The highest BCUT2D eigenvalue weighted by molar-refractivity contribution is 5.69. The Hall–Kier alpha value is -0.570. The van der Waals surface area contributed by atoms with Gasteiger partial charge in [-0.25, -0.2) is 0 Å². The van der Waals surface area contributed by atoms with Gasteiger partial charge in [-0.15, -0.1) is 0 Å². The van der Waals surface area contributed by atoms with E-state index < -0.39 is 6.10 Å². The minimum absolute atomic E-state index is 0.0914. The average molecular weight is 146 g/mol. The number of rotatable bonds is 3. The molecule has 0 aromatic carbocycles. The fourth-order valence-electron chi connectivity index (χ4n) is 0.490. The van der Waals surface area contributed by atoms with Gasteiger partial charge in [0.25, 0.3) is 0 Å². The molecule has 3 heteroatoms. The van der Waals surface area contributed by atoms with E-state index in [2.05, 4.69) is 4.74 Å². The Kier molecular flexibility index (Phi) is 4.03. The van der Waals surface area contributed by atoms with Crippen molar-refractivity contribution in [2.75, 3.05) is 7.11 Å². The first-order valence-corrected chi connectivity index (χ1v) is 3.32. The second-order valence-corrected chi connectivity index (χ2v) is 2.59. The third kappa shape index (κ3) is 3.45. The van der Waals surface area contributed by atoms with Gasteiger partial charge in [0.05, 0.1) is 19.6 Å². The maximum absolute atomic E-state index is 10.5. The molecule has 3 nitrogen and oxygen atoms in total. The van der Waals surface area contributed by atoms with Crippen LogP contribution in [0.4, 0.5) is 0 Å². The van der Waals surface area contributed by atoms with Gasteiger partial charge in [0, 0.05) is 0 Å². The second kappa shape index (κ2) is 4.28. The maximum atomic E-state index is 10.5. The molecule has 0 saturated heterocycles. The Morgan fingerprint density at radius 1 is 1.60 bits per heavy atom. The summed E-state index contributed by atoms with van der Waals surface area (Å²) in [6, 6.07) is 0. The second-order valence-electron chi connectivity index (χ2n) is 2.59. The van der Waals surface area contributed by atoms with Crippen LogP contribution >= 0.6 is 0 Å². The zero-order chi connectivity index (χ0) is 8.15. The van der Waals surface area contributed by atoms with Gasteiger partial charge in [0.15, 0.2) is 0 Å². The molecular formula is C7H14O3. The van der Waals surface area contributed by atoms with Crippen molar-refractivity contribution in [3.63, 3.8) is 0 Å². The highest BCUT2D eigenvalue weighted by atomic mass is 16.5. The van der Waals surface area contributed by atoms with Crippen LogP contribution in [0.2, 0.25) is 0 Å². The summed E-state index contributed by atoms with van der Waals surface area (Å²) in [5.74, 6) is -0.250. The average Bonchev–Trinajstić information content (AvgIpc) is 1.87. The Labute approximate surface area is 61.0 Å². The van der Waals surface area contributed by atoms with Crippen molar-refractivity contribution in [2.45, 2.75) is 26.4 Å². The summed E-state index contributed by atoms with van der Waals surface area (Å²) in [5, 5.41) is 9.13. The van der Waals surface area contributed by atoms with Crippen LogP contribution in [0.1, 0.15) is 20.3 Å². The molecule has 0 aromatic heterocycles. The lowest BCUT2D eigenvalue weighted by Crippen LogP contribution is -2.19. The van der Waals surface area contributed by atoms with Crippen molar-refractivity contribution in [1.29, 1.82) is 0 Å². The summed E-state index contributed by atoms with van der Waals surface area (Å²) < 4.78 is 4.37.